The van der Waals surface area contributed by atoms with Gasteiger partial charge in [0, 0.05) is 26.1 Å². The molecule has 1 aliphatic carbocycles. The molecule has 2 aliphatic rings. The third-order valence-corrected chi connectivity index (χ3v) is 5.85. The van der Waals surface area contributed by atoms with Crippen LogP contribution in [0.15, 0.2) is 12.1 Å². The van der Waals surface area contributed by atoms with Crippen molar-refractivity contribution in [2.45, 2.75) is 50.7 Å². The Balaban J connectivity index is 2.05. The summed E-state index contributed by atoms with van der Waals surface area (Å²) in [4.78, 5) is 26.0. The van der Waals surface area contributed by atoms with Crippen LogP contribution in [0.3, 0.4) is 0 Å². The first kappa shape index (κ1) is 19.5. The first-order valence-electron chi connectivity index (χ1n) is 8.98. The fraction of sp³-hybridized carbons (Fsp3) is 0.500. The molecule has 1 saturated carbocycles. The normalized spacial score (nSPS) is 18.9. The second-order valence-electron chi connectivity index (χ2n) is 6.93. The Morgan fingerprint density at radius 1 is 1.37 bits per heavy atom. The topological polar surface area (TPSA) is 76.1 Å². The van der Waals surface area contributed by atoms with E-state index in [0.717, 1.165) is 19.3 Å². The molecular formula is C20H22ClNO5. The molecule has 7 heteroatoms. The molecule has 144 valence electrons. The minimum atomic E-state index is -1.47. The van der Waals surface area contributed by atoms with Crippen molar-refractivity contribution in [3.05, 3.63) is 22.7 Å². The first-order chi connectivity index (χ1) is 12.9. The maximum absolute atomic E-state index is 12.6. The van der Waals surface area contributed by atoms with E-state index < -0.39 is 17.4 Å². The Morgan fingerprint density at radius 3 is 2.56 bits per heavy atom. The van der Waals surface area contributed by atoms with Gasteiger partial charge >= 0.3 is 11.9 Å². The number of carboxylic acid groups (broad SMARTS) is 1. The molecule has 0 unspecified atom stereocenters. The summed E-state index contributed by atoms with van der Waals surface area (Å²) >= 11 is 6.49. The van der Waals surface area contributed by atoms with Gasteiger partial charge < -0.3 is 14.6 Å². The SMILES string of the molecule is C#CC(=O)N(c1ccc(OC2CCC2)c(Cl)c1C)C1(C(=O)O)CCOCC1. The van der Waals surface area contributed by atoms with Crippen LogP contribution in [0.1, 0.15) is 37.7 Å². The zero-order valence-corrected chi connectivity index (χ0v) is 15.9. The number of aliphatic carboxylic acids is 1. The zero-order chi connectivity index (χ0) is 19.6. The summed E-state index contributed by atoms with van der Waals surface area (Å²) in [5.41, 5.74) is -0.524. The molecule has 1 saturated heterocycles. The molecule has 3 rings (SSSR count). The van der Waals surface area contributed by atoms with E-state index in [9.17, 15) is 14.7 Å². The number of carbonyl (C=O) groups is 2. The summed E-state index contributed by atoms with van der Waals surface area (Å²) in [5.74, 6) is 0.767. The lowest BCUT2D eigenvalue weighted by Crippen LogP contribution is -2.60. The van der Waals surface area contributed by atoms with Crippen LogP contribution in [0.2, 0.25) is 5.02 Å². The number of amides is 1. The molecule has 0 radical (unpaired) electrons. The predicted octanol–water partition coefficient (Wildman–Crippen LogP) is 3.18. The number of nitrogens with zero attached hydrogens (tertiary/aromatic N) is 1. The molecule has 0 spiro atoms. The minimum Gasteiger partial charge on any atom is -0.489 e. The van der Waals surface area contributed by atoms with Crippen LogP contribution in [-0.4, -0.2) is 41.8 Å². The molecule has 1 heterocycles. The lowest BCUT2D eigenvalue weighted by atomic mass is 9.86. The monoisotopic (exact) mass is 391 g/mol. The predicted molar refractivity (Wildman–Crippen MR) is 101 cm³/mol. The fourth-order valence-electron chi connectivity index (χ4n) is 3.49. The maximum atomic E-state index is 12.6. The molecule has 27 heavy (non-hydrogen) atoms. The molecule has 2 fully saturated rings. The number of hydrogen-bond acceptors (Lipinski definition) is 4. The average molecular weight is 392 g/mol. The lowest BCUT2D eigenvalue weighted by molar-refractivity contribution is -0.148. The third kappa shape index (κ3) is 3.50. The van der Waals surface area contributed by atoms with Gasteiger partial charge in [-0.2, -0.15) is 0 Å². The van der Waals surface area contributed by atoms with Gasteiger partial charge in [-0.05, 0) is 49.8 Å². The highest BCUT2D eigenvalue weighted by Gasteiger charge is 2.49. The van der Waals surface area contributed by atoms with E-state index in [1.165, 1.54) is 4.90 Å². The van der Waals surface area contributed by atoms with E-state index in [2.05, 4.69) is 5.92 Å². The molecule has 1 N–H and O–H groups in total. The Hall–Kier alpha value is -2.23. The molecule has 1 aliphatic heterocycles. The number of terminal acetylenes is 1. The van der Waals surface area contributed by atoms with Crippen LogP contribution in [0.5, 0.6) is 5.75 Å². The molecule has 1 amide bonds. The molecule has 1 aromatic rings. The van der Waals surface area contributed by atoms with E-state index >= 15 is 0 Å². The highest BCUT2D eigenvalue weighted by atomic mass is 35.5. The number of halogens is 1. The Kier molecular flexibility index (Phi) is 5.64. The van der Waals surface area contributed by atoms with Crippen LogP contribution < -0.4 is 9.64 Å². The van der Waals surface area contributed by atoms with Gasteiger partial charge in [0.15, 0.2) is 5.54 Å². The number of hydrogen-bond donors (Lipinski definition) is 1. The Bertz CT molecular complexity index is 790. The molecule has 6 nitrogen and oxygen atoms in total. The van der Waals surface area contributed by atoms with Gasteiger partial charge in [0.1, 0.15) is 5.75 Å². The van der Waals surface area contributed by atoms with Gasteiger partial charge in [-0.1, -0.05) is 11.6 Å². The first-order valence-corrected chi connectivity index (χ1v) is 9.36. The van der Waals surface area contributed by atoms with E-state index in [1.807, 2.05) is 0 Å². The van der Waals surface area contributed by atoms with E-state index in [0.29, 0.717) is 22.0 Å². The van der Waals surface area contributed by atoms with Crippen molar-refractivity contribution in [1.29, 1.82) is 0 Å². The molecule has 0 atom stereocenters. The zero-order valence-electron chi connectivity index (χ0n) is 15.2. The number of anilines is 1. The molecule has 0 aromatic heterocycles. The summed E-state index contributed by atoms with van der Waals surface area (Å²) in [5, 5.41) is 10.3. The third-order valence-electron chi connectivity index (χ3n) is 5.38. The minimum absolute atomic E-state index is 0.146. The smallest absolute Gasteiger partial charge is 0.330 e. The lowest BCUT2D eigenvalue weighted by Gasteiger charge is -2.42. The summed E-state index contributed by atoms with van der Waals surface area (Å²) in [6.45, 7) is 2.20. The van der Waals surface area contributed by atoms with Crippen LogP contribution in [-0.2, 0) is 14.3 Å². The second kappa shape index (κ2) is 7.79. The number of carboxylic acids is 1. The van der Waals surface area contributed by atoms with E-state index in [4.69, 9.17) is 27.5 Å². The summed E-state index contributed by atoms with van der Waals surface area (Å²) in [6, 6.07) is 3.33. The standard InChI is InChI=1S/C20H22ClNO5/c1-3-17(23)22(20(19(24)25)9-11-26-12-10-20)15-7-8-16(18(21)13(15)2)27-14-5-4-6-14/h1,7-8,14H,4-6,9-12H2,2H3,(H,24,25). The van der Waals surface area contributed by atoms with Crippen LogP contribution in [0.25, 0.3) is 0 Å². The summed E-state index contributed by atoms with van der Waals surface area (Å²) < 4.78 is 11.2. The van der Waals surface area contributed by atoms with Crippen LogP contribution in [0.4, 0.5) is 5.69 Å². The van der Waals surface area contributed by atoms with E-state index in [-0.39, 0.29) is 32.2 Å². The number of carbonyl (C=O) groups excluding carboxylic acids is 1. The summed E-state index contributed by atoms with van der Waals surface area (Å²) in [6.07, 6.45) is 8.91. The van der Waals surface area contributed by atoms with Gasteiger partial charge in [-0.3, -0.25) is 9.69 Å². The quantitative estimate of drug-likeness (QED) is 0.780. The largest absolute Gasteiger partial charge is 0.489 e. The fourth-order valence-corrected chi connectivity index (χ4v) is 3.70. The molecule has 1 aromatic carbocycles. The van der Waals surface area contributed by atoms with Gasteiger partial charge in [0.2, 0.25) is 0 Å². The van der Waals surface area contributed by atoms with Crippen LogP contribution in [0, 0.1) is 19.3 Å². The van der Waals surface area contributed by atoms with Gasteiger partial charge in [-0.25, -0.2) is 4.79 Å². The van der Waals surface area contributed by atoms with Crippen molar-refractivity contribution >= 4 is 29.2 Å². The van der Waals surface area contributed by atoms with Crippen molar-refractivity contribution in [3.63, 3.8) is 0 Å². The van der Waals surface area contributed by atoms with Crippen molar-refractivity contribution in [1.82, 2.24) is 0 Å². The van der Waals surface area contributed by atoms with Crippen LogP contribution >= 0.6 is 11.6 Å². The highest BCUT2D eigenvalue weighted by Crippen LogP contribution is 2.41. The van der Waals surface area contributed by atoms with Gasteiger partial charge in [0.05, 0.1) is 16.8 Å². The molecular weight excluding hydrogens is 370 g/mol. The summed E-state index contributed by atoms with van der Waals surface area (Å²) in [7, 11) is 0. The molecule has 0 bridgehead atoms. The number of rotatable bonds is 5. The maximum Gasteiger partial charge on any atom is 0.330 e. The van der Waals surface area contributed by atoms with Gasteiger partial charge in [0.25, 0.3) is 0 Å². The second-order valence-corrected chi connectivity index (χ2v) is 7.30. The van der Waals surface area contributed by atoms with Crippen molar-refractivity contribution in [2.24, 2.45) is 0 Å². The van der Waals surface area contributed by atoms with Gasteiger partial charge in [-0.15, -0.1) is 6.42 Å². The van der Waals surface area contributed by atoms with Crippen molar-refractivity contribution in [2.75, 3.05) is 18.1 Å². The van der Waals surface area contributed by atoms with E-state index in [1.54, 1.807) is 19.1 Å². The Morgan fingerprint density at radius 2 is 2.04 bits per heavy atom. The Labute approximate surface area is 163 Å². The van der Waals surface area contributed by atoms with Crippen molar-refractivity contribution < 1.29 is 24.2 Å². The van der Waals surface area contributed by atoms with Crippen molar-refractivity contribution in [3.8, 4) is 18.1 Å². The highest BCUT2D eigenvalue weighted by molar-refractivity contribution is 6.33. The average Bonchev–Trinajstić information content (AvgIpc) is 2.63. The number of ether oxygens (including phenoxy) is 2. The number of benzene rings is 1.